The van der Waals surface area contributed by atoms with Crippen LogP contribution in [0.1, 0.15) is 25.0 Å². The Hall–Kier alpha value is -4.03. The molecule has 40 heavy (non-hydrogen) atoms. The first-order valence-electron chi connectivity index (χ1n) is 12.8. The van der Waals surface area contributed by atoms with Crippen LogP contribution in [0.3, 0.4) is 0 Å². The molecule has 0 spiro atoms. The van der Waals surface area contributed by atoms with Crippen molar-refractivity contribution < 1.29 is 29.4 Å². The Morgan fingerprint density at radius 1 is 0.900 bits per heavy atom. The number of nitrogens with one attached hydrogen (secondary N) is 4. The molecule has 3 aromatic rings. The number of aliphatic carboxylic acids is 1. The molecule has 0 aliphatic heterocycles. The fourth-order valence-electron chi connectivity index (χ4n) is 4.21. The maximum Gasteiger partial charge on any atom is 0.326 e. The molecule has 12 heteroatoms. The number of aromatic hydroxyl groups is 1. The van der Waals surface area contributed by atoms with E-state index in [-0.39, 0.29) is 30.3 Å². The number of aromatic nitrogens is 1. The highest BCUT2D eigenvalue weighted by molar-refractivity contribution is 7.80. The SMILES string of the molecule is CC(C)C(NC(=O)C(N)CS)C(=O)NC(Cc1ccc(O)cc1)C(=O)NC(Cc1c[nH]c2ccccc12)C(=O)O. The maximum absolute atomic E-state index is 13.5. The summed E-state index contributed by atoms with van der Waals surface area (Å²) in [5, 5.41) is 28.2. The van der Waals surface area contributed by atoms with Crippen LogP contribution in [0.4, 0.5) is 0 Å². The van der Waals surface area contributed by atoms with Crippen molar-refractivity contribution in [3.05, 3.63) is 65.9 Å². The lowest BCUT2D eigenvalue weighted by molar-refractivity contribution is -0.142. The quantitative estimate of drug-likeness (QED) is 0.142. The van der Waals surface area contributed by atoms with Crippen molar-refractivity contribution in [2.75, 3.05) is 5.75 Å². The highest BCUT2D eigenvalue weighted by Crippen LogP contribution is 2.19. The minimum absolute atomic E-state index is 0.00614. The second-order valence-electron chi connectivity index (χ2n) is 9.91. The predicted octanol–water partition coefficient (Wildman–Crippen LogP) is 1.11. The minimum atomic E-state index is -1.28. The highest BCUT2D eigenvalue weighted by Gasteiger charge is 2.32. The summed E-state index contributed by atoms with van der Waals surface area (Å²) >= 11 is 4.02. The van der Waals surface area contributed by atoms with E-state index in [9.17, 15) is 29.4 Å². The van der Waals surface area contributed by atoms with Crippen LogP contribution < -0.4 is 21.7 Å². The van der Waals surface area contributed by atoms with Gasteiger partial charge in [0.1, 0.15) is 23.9 Å². The number of rotatable bonds is 13. The van der Waals surface area contributed by atoms with Gasteiger partial charge in [0.25, 0.3) is 0 Å². The van der Waals surface area contributed by atoms with E-state index in [1.165, 1.54) is 12.1 Å². The third-order valence-corrected chi connectivity index (χ3v) is 6.90. The van der Waals surface area contributed by atoms with Crippen LogP contribution in [-0.2, 0) is 32.0 Å². The maximum atomic E-state index is 13.5. The van der Waals surface area contributed by atoms with E-state index in [0.717, 1.165) is 10.9 Å². The Balaban J connectivity index is 1.83. The summed E-state index contributed by atoms with van der Waals surface area (Å²) in [7, 11) is 0. The van der Waals surface area contributed by atoms with Gasteiger partial charge in [-0.05, 0) is 35.2 Å². The summed E-state index contributed by atoms with van der Waals surface area (Å²) in [4.78, 5) is 54.3. The topological polar surface area (TPSA) is 187 Å². The van der Waals surface area contributed by atoms with E-state index in [0.29, 0.717) is 11.1 Å². The van der Waals surface area contributed by atoms with E-state index < -0.39 is 47.9 Å². The Bertz CT molecular complexity index is 1340. The number of benzene rings is 2. The van der Waals surface area contributed by atoms with Gasteiger partial charge >= 0.3 is 5.97 Å². The van der Waals surface area contributed by atoms with Gasteiger partial charge in [0.2, 0.25) is 17.7 Å². The van der Waals surface area contributed by atoms with Crippen LogP contribution in [-0.4, -0.2) is 68.8 Å². The fraction of sp³-hybridized carbons (Fsp3) is 0.357. The molecule has 0 saturated carbocycles. The standard InChI is InChI=1S/C28H35N5O6S/c1-15(2)24(33-25(35)20(29)14-40)27(37)31-22(11-16-7-9-18(34)10-8-16)26(36)32-23(28(38)39)12-17-13-30-21-6-4-3-5-19(17)21/h3-10,13,15,20,22-24,30,34,40H,11-12,14,29H2,1-2H3,(H,31,37)(H,32,36)(H,33,35)(H,38,39). The van der Waals surface area contributed by atoms with E-state index in [4.69, 9.17) is 5.73 Å². The lowest BCUT2D eigenvalue weighted by Gasteiger charge is -2.27. The number of aromatic amines is 1. The summed E-state index contributed by atoms with van der Waals surface area (Å²) in [5.41, 5.74) is 7.91. The molecule has 1 aromatic heterocycles. The molecule has 4 unspecified atom stereocenters. The van der Waals surface area contributed by atoms with Gasteiger partial charge in [-0.1, -0.05) is 44.2 Å². The molecule has 11 nitrogen and oxygen atoms in total. The molecule has 2 aromatic carbocycles. The van der Waals surface area contributed by atoms with Crippen molar-refractivity contribution in [3.8, 4) is 5.75 Å². The van der Waals surface area contributed by atoms with Crippen LogP contribution in [0.5, 0.6) is 5.75 Å². The normalized spacial score (nSPS) is 14.2. The van der Waals surface area contributed by atoms with Crippen LogP contribution in [0.25, 0.3) is 10.9 Å². The molecule has 0 radical (unpaired) electrons. The number of para-hydroxylation sites is 1. The van der Waals surface area contributed by atoms with E-state index in [2.05, 4.69) is 33.6 Å². The number of phenolic OH excluding ortho intramolecular Hbond substituents is 1. The number of thiol groups is 1. The Labute approximate surface area is 237 Å². The first-order chi connectivity index (χ1) is 19.0. The van der Waals surface area contributed by atoms with Crippen molar-refractivity contribution in [3.63, 3.8) is 0 Å². The highest BCUT2D eigenvalue weighted by atomic mass is 32.1. The van der Waals surface area contributed by atoms with Gasteiger partial charge in [-0.3, -0.25) is 14.4 Å². The van der Waals surface area contributed by atoms with Crippen molar-refractivity contribution >= 4 is 47.2 Å². The molecule has 1 heterocycles. The molecule has 0 aliphatic carbocycles. The Morgan fingerprint density at radius 2 is 1.55 bits per heavy atom. The molecular weight excluding hydrogens is 534 g/mol. The molecular formula is C28H35N5O6S. The molecule has 0 fully saturated rings. The van der Waals surface area contributed by atoms with Crippen LogP contribution >= 0.6 is 12.6 Å². The largest absolute Gasteiger partial charge is 0.508 e. The smallest absolute Gasteiger partial charge is 0.326 e. The predicted molar refractivity (Wildman–Crippen MR) is 154 cm³/mol. The number of carboxylic acids is 1. The zero-order valence-corrected chi connectivity index (χ0v) is 23.2. The lowest BCUT2D eigenvalue weighted by Crippen LogP contribution is -2.59. The second-order valence-corrected chi connectivity index (χ2v) is 10.3. The summed E-state index contributed by atoms with van der Waals surface area (Å²) in [5.74, 6) is -3.37. The molecule has 8 N–H and O–H groups in total. The van der Waals surface area contributed by atoms with Crippen molar-refractivity contribution in [2.45, 2.75) is 50.9 Å². The molecule has 3 rings (SSSR count). The number of fused-ring (bicyclic) bond motifs is 1. The van der Waals surface area contributed by atoms with Crippen molar-refractivity contribution in [1.29, 1.82) is 0 Å². The third-order valence-electron chi connectivity index (χ3n) is 6.50. The third kappa shape index (κ3) is 7.99. The number of phenols is 1. The molecule has 214 valence electrons. The number of hydrogen-bond donors (Lipinski definition) is 8. The van der Waals surface area contributed by atoms with Crippen molar-refractivity contribution in [1.82, 2.24) is 20.9 Å². The first kappa shape index (κ1) is 30.5. The first-order valence-corrected chi connectivity index (χ1v) is 13.5. The van der Waals surface area contributed by atoms with Crippen LogP contribution in [0.15, 0.2) is 54.7 Å². The molecule has 3 amide bonds. The summed E-state index contributed by atoms with van der Waals surface area (Å²) in [6.45, 7) is 3.46. The monoisotopic (exact) mass is 569 g/mol. The summed E-state index contributed by atoms with van der Waals surface area (Å²) in [6.07, 6.45) is 1.72. The zero-order chi connectivity index (χ0) is 29.4. The number of carbonyl (C=O) groups is 4. The number of amides is 3. The van der Waals surface area contributed by atoms with Gasteiger partial charge < -0.3 is 36.9 Å². The molecule has 4 atom stereocenters. The minimum Gasteiger partial charge on any atom is -0.508 e. The van der Waals surface area contributed by atoms with Crippen LogP contribution in [0.2, 0.25) is 0 Å². The Morgan fingerprint density at radius 3 is 2.17 bits per heavy atom. The fourth-order valence-corrected chi connectivity index (χ4v) is 4.38. The van der Waals surface area contributed by atoms with Gasteiger partial charge in [0.05, 0.1) is 6.04 Å². The van der Waals surface area contributed by atoms with Gasteiger partial charge in [-0.15, -0.1) is 0 Å². The van der Waals surface area contributed by atoms with Crippen LogP contribution in [0, 0.1) is 5.92 Å². The number of nitrogens with two attached hydrogens (primary N) is 1. The molecule has 0 saturated heterocycles. The van der Waals surface area contributed by atoms with Gasteiger partial charge in [-0.2, -0.15) is 12.6 Å². The average Bonchev–Trinajstić information content (AvgIpc) is 3.33. The van der Waals surface area contributed by atoms with Gasteiger partial charge in [-0.25, -0.2) is 4.79 Å². The van der Waals surface area contributed by atoms with E-state index in [1.54, 1.807) is 32.2 Å². The molecule has 0 bridgehead atoms. The second kappa shape index (κ2) is 13.9. The van der Waals surface area contributed by atoms with E-state index in [1.807, 2.05) is 24.3 Å². The Kier molecular flexibility index (Phi) is 10.6. The van der Waals surface area contributed by atoms with E-state index >= 15 is 0 Å². The zero-order valence-electron chi connectivity index (χ0n) is 22.3. The van der Waals surface area contributed by atoms with Gasteiger partial charge in [0.15, 0.2) is 0 Å². The summed E-state index contributed by atoms with van der Waals surface area (Å²) < 4.78 is 0. The lowest BCUT2D eigenvalue weighted by atomic mass is 10.00. The number of hydrogen-bond acceptors (Lipinski definition) is 7. The molecule has 0 aliphatic rings. The average molecular weight is 570 g/mol. The number of carboxylic acid groups (broad SMARTS) is 1. The number of carbonyl (C=O) groups excluding carboxylic acids is 3. The van der Waals surface area contributed by atoms with Gasteiger partial charge in [0, 0.05) is 35.7 Å². The number of H-pyrrole nitrogens is 1. The summed E-state index contributed by atoms with van der Waals surface area (Å²) in [6, 6.07) is 9.10. The van der Waals surface area contributed by atoms with Crippen molar-refractivity contribution in [2.24, 2.45) is 11.7 Å².